The minimum Gasteiger partial charge on any atom is -0.373 e. The van der Waals surface area contributed by atoms with Crippen molar-refractivity contribution in [1.29, 1.82) is 0 Å². The van der Waals surface area contributed by atoms with Crippen molar-refractivity contribution >= 4 is 5.91 Å². The molecule has 3 heterocycles. The van der Waals surface area contributed by atoms with Crippen LogP contribution in [0.3, 0.4) is 0 Å². The molecule has 1 aromatic rings. The zero-order valence-electron chi connectivity index (χ0n) is 12.1. The van der Waals surface area contributed by atoms with Gasteiger partial charge in [-0.15, -0.1) is 0 Å². The van der Waals surface area contributed by atoms with Crippen molar-refractivity contribution in [2.75, 3.05) is 33.8 Å². The van der Waals surface area contributed by atoms with Gasteiger partial charge in [-0.05, 0) is 39.4 Å². The summed E-state index contributed by atoms with van der Waals surface area (Å²) in [4.78, 5) is 16.4. The highest BCUT2D eigenvalue weighted by atomic mass is 16.5. The molecule has 20 heavy (non-hydrogen) atoms. The van der Waals surface area contributed by atoms with Gasteiger partial charge in [-0.1, -0.05) is 0 Å². The van der Waals surface area contributed by atoms with E-state index in [0.29, 0.717) is 11.7 Å². The molecule has 6 nitrogen and oxygen atoms in total. The molecule has 1 N–H and O–H groups in total. The Hall–Kier alpha value is -1.40. The van der Waals surface area contributed by atoms with Crippen molar-refractivity contribution in [2.24, 2.45) is 0 Å². The predicted octanol–water partition coefficient (Wildman–Crippen LogP) is 0.735. The summed E-state index contributed by atoms with van der Waals surface area (Å²) in [7, 11) is 4.20. The van der Waals surface area contributed by atoms with Gasteiger partial charge < -0.3 is 14.5 Å². The van der Waals surface area contributed by atoms with Gasteiger partial charge in [-0.25, -0.2) is 0 Å². The van der Waals surface area contributed by atoms with Crippen LogP contribution in [0.1, 0.15) is 29.8 Å². The van der Waals surface area contributed by atoms with Crippen LogP contribution in [0.25, 0.3) is 0 Å². The van der Waals surface area contributed by atoms with Crippen molar-refractivity contribution in [3.05, 3.63) is 18.0 Å². The van der Waals surface area contributed by atoms with Crippen molar-refractivity contribution in [3.63, 3.8) is 0 Å². The average molecular weight is 278 g/mol. The number of hydrogen-bond donors (Lipinski definition) is 1. The van der Waals surface area contributed by atoms with Crippen LogP contribution in [-0.4, -0.2) is 71.3 Å². The molecule has 2 fully saturated rings. The third-order valence-corrected chi connectivity index (χ3v) is 4.61. The van der Waals surface area contributed by atoms with Crippen LogP contribution in [0, 0.1) is 0 Å². The maximum atomic E-state index is 12.2. The minimum atomic E-state index is -0.0142. The summed E-state index contributed by atoms with van der Waals surface area (Å²) in [5, 5.41) is 6.57. The lowest BCUT2D eigenvalue weighted by Gasteiger charge is -2.38. The number of aromatic nitrogens is 2. The Morgan fingerprint density at radius 1 is 1.50 bits per heavy atom. The lowest BCUT2D eigenvalue weighted by atomic mass is 9.87. The van der Waals surface area contributed by atoms with E-state index >= 15 is 0 Å². The van der Waals surface area contributed by atoms with Crippen molar-refractivity contribution in [3.8, 4) is 0 Å². The molecule has 1 unspecified atom stereocenters. The Balaban J connectivity index is 1.59. The number of rotatable bonds is 2. The zero-order valence-corrected chi connectivity index (χ0v) is 12.1. The molecule has 2 saturated heterocycles. The normalized spacial score (nSPS) is 25.6. The molecule has 0 radical (unpaired) electrons. The molecule has 0 aromatic carbocycles. The van der Waals surface area contributed by atoms with E-state index in [-0.39, 0.29) is 11.5 Å². The Bertz CT molecular complexity index is 464. The standard InChI is InChI=1S/C14H22N4O2/c1-17(2)11-9-14(20-10-11)4-7-18(8-5-14)13(19)12-3-6-15-16-12/h3,6,11H,4-5,7-10H2,1-2H3,(H,15,16). The largest absolute Gasteiger partial charge is 0.373 e. The van der Waals surface area contributed by atoms with E-state index in [0.717, 1.165) is 39.0 Å². The first-order valence-corrected chi connectivity index (χ1v) is 7.19. The van der Waals surface area contributed by atoms with Gasteiger partial charge in [0.25, 0.3) is 5.91 Å². The second kappa shape index (κ2) is 5.18. The summed E-state index contributed by atoms with van der Waals surface area (Å²) in [5.41, 5.74) is 0.555. The molecule has 0 bridgehead atoms. The fourth-order valence-electron chi connectivity index (χ4n) is 3.16. The Kier molecular flexibility index (Phi) is 3.52. The van der Waals surface area contributed by atoms with Gasteiger partial charge in [-0.2, -0.15) is 5.10 Å². The molecular formula is C14H22N4O2. The first kappa shape index (κ1) is 13.6. The minimum absolute atomic E-state index is 0.0142. The quantitative estimate of drug-likeness (QED) is 0.866. The molecule has 1 spiro atoms. The van der Waals surface area contributed by atoms with Crippen LogP contribution < -0.4 is 0 Å². The van der Waals surface area contributed by atoms with E-state index in [1.807, 2.05) is 4.90 Å². The van der Waals surface area contributed by atoms with Crippen molar-refractivity contribution < 1.29 is 9.53 Å². The highest BCUT2D eigenvalue weighted by Crippen LogP contribution is 2.37. The third-order valence-electron chi connectivity index (χ3n) is 4.61. The molecule has 2 aliphatic rings. The smallest absolute Gasteiger partial charge is 0.271 e. The number of nitrogens with one attached hydrogen (secondary N) is 1. The Morgan fingerprint density at radius 3 is 2.80 bits per heavy atom. The molecule has 1 amide bonds. The number of amides is 1. The molecule has 0 aliphatic carbocycles. The summed E-state index contributed by atoms with van der Waals surface area (Å²) < 4.78 is 6.07. The van der Waals surface area contributed by atoms with Gasteiger partial charge in [0.05, 0.1) is 12.2 Å². The van der Waals surface area contributed by atoms with E-state index in [1.54, 1.807) is 12.3 Å². The van der Waals surface area contributed by atoms with E-state index in [2.05, 4.69) is 29.2 Å². The lowest BCUT2D eigenvalue weighted by Crippen LogP contribution is -2.47. The molecule has 110 valence electrons. The van der Waals surface area contributed by atoms with Crippen LogP contribution in [0.15, 0.2) is 12.3 Å². The number of carbonyl (C=O) groups is 1. The fourth-order valence-corrected chi connectivity index (χ4v) is 3.16. The summed E-state index contributed by atoms with van der Waals surface area (Å²) >= 11 is 0. The summed E-state index contributed by atoms with van der Waals surface area (Å²) in [6, 6.07) is 2.23. The van der Waals surface area contributed by atoms with Crippen molar-refractivity contribution in [1.82, 2.24) is 20.0 Å². The summed E-state index contributed by atoms with van der Waals surface area (Å²) in [5.74, 6) is 0.0412. The molecule has 1 aromatic heterocycles. The summed E-state index contributed by atoms with van der Waals surface area (Å²) in [6.45, 7) is 2.33. The summed E-state index contributed by atoms with van der Waals surface area (Å²) in [6.07, 6.45) is 4.54. The highest BCUT2D eigenvalue weighted by Gasteiger charge is 2.44. The SMILES string of the molecule is CN(C)C1COC2(CCN(C(=O)c3ccn[nH]3)CC2)C1. The maximum Gasteiger partial charge on any atom is 0.271 e. The molecule has 1 atom stereocenters. The first-order valence-electron chi connectivity index (χ1n) is 7.19. The van der Waals surface area contributed by atoms with Gasteiger partial charge >= 0.3 is 0 Å². The van der Waals surface area contributed by atoms with Crippen LogP contribution in [0.5, 0.6) is 0 Å². The van der Waals surface area contributed by atoms with Crippen LogP contribution in [0.2, 0.25) is 0 Å². The van der Waals surface area contributed by atoms with Gasteiger partial charge in [0.15, 0.2) is 0 Å². The monoisotopic (exact) mass is 278 g/mol. The Labute approximate surface area is 119 Å². The second-order valence-electron chi connectivity index (χ2n) is 6.08. The number of piperidine rings is 1. The Morgan fingerprint density at radius 2 is 2.25 bits per heavy atom. The van der Waals surface area contributed by atoms with E-state index in [4.69, 9.17) is 4.74 Å². The predicted molar refractivity (Wildman–Crippen MR) is 74.5 cm³/mol. The number of likely N-dealkylation sites (tertiary alicyclic amines) is 1. The van der Waals surface area contributed by atoms with Gasteiger partial charge in [0.2, 0.25) is 0 Å². The fraction of sp³-hybridized carbons (Fsp3) is 0.714. The number of H-pyrrole nitrogens is 1. The topological polar surface area (TPSA) is 61.5 Å². The molecule has 3 rings (SSSR count). The molecule has 2 aliphatic heterocycles. The van der Waals surface area contributed by atoms with Crippen LogP contribution in [0.4, 0.5) is 0 Å². The van der Waals surface area contributed by atoms with E-state index in [9.17, 15) is 4.79 Å². The number of hydrogen-bond acceptors (Lipinski definition) is 4. The second-order valence-corrected chi connectivity index (χ2v) is 6.08. The third kappa shape index (κ3) is 2.45. The van der Waals surface area contributed by atoms with Crippen molar-refractivity contribution in [2.45, 2.75) is 30.9 Å². The first-order chi connectivity index (χ1) is 9.60. The number of likely N-dealkylation sites (N-methyl/N-ethyl adjacent to an activating group) is 1. The van der Waals surface area contributed by atoms with E-state index < -0.39 is 0 Å². The number of nitrogens with zero attached hydrogens (tertiary/aromatic N) is 3. The maximum absolute atomic E-state index is 12.2. The van der Waals surface area contributed by atoms with Gasteiger partial charge in [0, 0.05) is 25.3 Å². The lowest BCUT2D eigenvalue weighted by molar-refractivity contribution is -0.0393. The van der Waals surface area contributed by atoms with E-state index in [1.165, 1.54) is 0 Å². The van der Waals surface area contributed by atoms with Gasteiger partial charge in [0.1, 0.15) is 5.69 Å². The molecule has 0 saturated carbocycles. The van der Waals surface area contributed by atoms with Crippen LogP contribution >= 0.6 is 0 Å². The van der Waals surface area contributed by atoms with Gasteiger partial charge in [-0.3, -0.25) is 9.89 Å². The number of aromatic amines is 1. The zero-order chi connectivity index (χ0) is 14.2. The number of carbonyl (C=O) groups excluding carboxylic acids is 1. The highest BCUT2D eigenvalue weighted by molar-refractivity contribution is 5.92. The average Bonchev–Trinajstić information content (AvgIpc) is 3.09. The molecule has 6 heteroatoms. The van der Waals surface area contributed by atoms with Crippen LogP contribution in [-0.2, 0) is 4.74 Å². The molecular weight excluding hydrogens is 256 g/mol. The number of ether oxygens (including phenoxy) is 1.